The van der Waals surface area contributed by atoms with Crippen LogP contribution in [0.15, 0.2) is 0 Å². The van der Waals surface area contributed by atoms with Gasteiger partial charge in [-0.1, -0.05) is 0 Å². The molecule has 0 N–H and O–H groups in total. The largest absolute Gasteiger partial charge is 0.379 e. The number of hydrogen-bond donors (Lipinski definition) is 0. The van der Waals surface area contributed by atoms with Gasteiger partial charge in [-0.3, -0.25) is 0 Å². The fourth-order valence-electron chi connectivity index (χ4n) is 1.18. The van der Waals surface area contributed by atoms with Crippen molar-refractivity contribution in [2.45, 2.75) is 51.7 Å². The molecule has 0 aromatic heterocycles. The summed E-state index contributed by atoms with van der Waals surface area (Å²) in [5, 5.41) is 0. The highest BCUT2D eigenvalue weighted by Crippen LogP contribution is 2.19. The molecule has 0 unspecified atom stereocenters. The van der Waals surface area contributed by atoms with Crippen LogP contribution in [0.4, 0.5) is 0 Å². The van der Waals surface area contributed by atoms with Gasteiger partial charge in [-0.05, 0) is 40.5 Å². The minimum Gasteiger partial charge on any atom is -0.379 e. The highest BCUT2D eigenvalue weighted by molar-refractivity contribution is 7.90. The van der Waals surface area contributed by atoms with Gasteiger partial charge < -0.3 is 9.47 Å². The van der Waals surface area contributed by atoms with Crippen LogP contribution in [0.5, 0.6) is 0 Å². The van der Waals surface area contributed by atoms with Gasteiger partial charge in [0.2, 0.25) is 0 Å². The Balaban J connectivity index is 4.02. The molecular weight excluding hydrogens is 240 g/mol. The van der Waals surface area contributed by atoms with E-state index in [1.165, 1.54) is 6.26 Å². The third-order valence-electron chi connectivity index (χ3n) is 2.82. The van der Waals surface area contributed by atoms with Crippen LogP contribution < -0.4 is 0 Å². The van der Waals surface area contributed by atoms with E-state index >= 15 is 0 Å². The maximum Gasteiger partial charge on any atom is 0.147 e. The standard InChI is InChI=1S/C12H26O4S/c1-11(2,15-5)7-9-16-12(3,4)8-10-17(6,13)14/h7-10H2,1-6H3. The van der Waals surface area contributed by atoms with Gasteiger partial charge in [-0.2, -0.15) is 0 Å². The molecule has 0 saturated carbocycles. The van der Waals surface area contributed by atoms with Gasteiger partial charge in [0.15, 0.2) is 0 Å². The molecule has 0 amide bonds. The molecule has 0 spiro atoms. The maximum absolute atomic E-state index is 11.1. The van der Waals surface area contributed by atoms with E-state index in [-0.39, 0.29) is 11.4 Å². The molecule has 0 aliphatic heterocycles. The van der Waals surface area contributed by atoms with Crippen molar-refractivity contribution in [1.29, 1.82) is 0 Å². The average molecular weight is 266 g/mol. The lowest BCUT2D eigenvalue weighted by molar-refractivity contribution is -0.0588. The molecule has 0 aromatic carbocycles. The Morgan fingerprint density at radius 1 is 1.00 bits per heavy atom. The van der Waals surface area contributed by atoms with Gasteiger partial charge in [0.05, 0.1) is 23.6 Å². The summed E-state index contributed by atoms with van der Waals surface area (Å²) in [6.45, 7) is 8.40. The summed E-state index contributed by atoms with van der Waals surface area (Å²) in [6, 6.07) is 0. The summed E-state index contributed by atoms with van der Waals surface area (Å²) in [5.74, 6) is 0.160. The van der Waals surface area contributed by atoms with Crippen LogP contribution in [-0.2, 0) is 19.3 Å². The lowest BCUT2D eigenvalue weighted by Gasteiger charge is -2.28. The van der Waals surface area contributed by atoms with E-state index in [9.17, 15) is 8.42 Å². The van der Waals surface area contributed by atoms with E-state index in [1.807, 2.05) is 27.7 Å². The zero-order valence-electron chi connectivity index (χ0n) is 11.9. The smallest absolute Gasteiger partial charge is 0.147 e. The van der Waals surface area contributed by atoms with Gasteiger partial charge in [-0.15, -0.1) is 0 Å². The van der Waals surface area contributed by atoms with Crippen LogP contribution in [-0.4, -0.2) is 45.3 Å². The molecule has 0 rings (SSSR count). The third kappa shape index (κ3) is 9.56. The minimum absolute atomic E-state index is 0.160. The highest BCUT2D eigenvalue weighted by Gasteiger charge is 2.23. The minimum atomic E-state index is -2.92. The Kier molecular flexibility index (Phi) is 6.11. The van der Waals surface area contributed by atoms with Crippen LogP contribution in [0.1, 0.15) is 40.5 Å². The highest BCUT2D eigenvalue weighted by atomic mass is 32.2. The number of methoxy groups -OCH3 is 1. The van der Waals surface area contributed by atoms with Crippen LogP contribution in [0.25, 0.3) is 0 Å². The van der Waals surface area contributed by atoms with Crippen molar-refractivity contribution >= 4 is 9.84 Å². The van der Waals surface area contributed by atoms with E-state index in [0.29, 0.717) is 13.0 Å². The maximum atomic E-state index is 11.1. The molecule has 0 radical (unpaired) electrons. The van der Waals surface area contributed by atoms with Crippen molar-refractivity contribution in [3.8, 4) is 0 Å². The fraction of sp³-hybridized carbons (Fsp3) is 1.00. The summed E-state index contributed by atoms with van der Waals surface area (Å²) in [4.78, 5) is 0. The second-order valence-corrected chi connectivity index (χ2v) is 7.96. The van der Waals surface area contributed by atoms with Crippen LogP contribution in [0, 0.1) is 0 Å². The van der Waals surface area contributed by atoms with E-state index in [2.05, 4.69) is 0 Å². The van der Waals surface area contributed by atoms with Gasteiger partial charge >= 0.3 is 0 Å². The molecule has 0 aliphatic carbocycles. The molecule has 104 valence electrons. The molecule has 0 fully saturated rings. The van der Waals surface area contributed by atoms with Gasteiger partial charge in [-0.25, -0.2) is 8.42 Å². The number of rotatable bonds is 8. The van der Waals surface area contributed by atoms with E-state index in [4.69, 9.17) is 9.47 Å². The quantitative estimate of drug-likeness (QED) is 0.674. The van der Waals surface area contributed by atoms with Gasteiger partial charge in [0, 0.05) is 13.4 Å². The monoisotopic (exact) mass is 266 g/mol. The summed E-state index contributed by atoms with van der Waals surface area (Å²) < 4.78 is 33.2. The fourth-order valence-corrected chi connectivity index (χ4v) is 2.04. The molecule has 5 heteroatoms. The lowest BCUT2D eigenvalue weighted by Crippen LogP contribution is -2.31. The first-order valence-electron chi connectivity index (χ1n) is 5.84. The van der Waals surface area contributed by atoms with Crippen molar-refractivity contribution in [2.24, 2.45) is 0 Å². The lowest BCUT2D eigenvalue weighted by atomic mass is 10.0. The summed E-state index contributed by atoms with van der Waals surface area (Å²) in [6.07, 6.45) is 2.54. The molecule has 4 nitrogen and oxygen atoms in total. The van der Waals surface area contributed by atoms with Crippen LogP contribution >= 0.6 is 0 Å². The Morgan fingerprint density at radius 3 is 1.94 bits per heavy atom. The molecular formula is C12H26O4S. The molecule has 0 bridgehead atoms. The van der Waals surface area contributed by atoms with Crippen LogP contribution in [0.2, 0.25) is 0 Å². The molecule has 0 heterocycles. The Labute approximate surface area is 106 Å². The van der Waals surface area contributed by atoms with Crippen molar-refractivity contribution in [3.05, 3.63) is 0 Å². The third-order valence-corrected chi connectivity index (χ3v) is 3.77. The number of ether oxygens (including phenoxy) is 2. The van der Waals surface area contributed by atoms with Gasteiger partial charge in [0.25, 0.3) is 0 Å². The Morgan fingerprint density at radius 2 is 1.53 bits per heavy atom. The summed E-state index contributed by atoms with van der Waals surface area (Å²) in [5.41, 5.74) is -0.611. The first kappa shape index (κ1) is 16.9. The molecule has 0 atom stereocenters. The Bertz CT molecular complexity index is 317. The second-order valence-electron chi connectivity index (χ2n) is 5.70. The molecule has 17 heavy (non-hydrogen) atoms. The molecule has 0 aromatic rings. The Hall–Kier alpha value is -0.130. The zero-order chi connectivity index (χ0) is 13.7. The van der Waals surface area contributed by atoms with Crippen molar-refractivity contribution in [1.82, 2.24) is 0 Å². The SMILES string of the molecule is COC(C)(C)CCOC(C)(C)CCS(C)(=O)=O. The number of hydrogen-bond acceptors (Lipinski definition) is 4. The van der Waals surface area contributed by atoms with E-state index in [1.54, 1.807) is 7.11 Å². The van der Waals surface area contributed by atoms with Crippen molar-refractivity contribution < 1.29 is 17.9 Å². The first-order valence-corrected chi connectivity index (χ1v) is 7.90. The van der Waals surface area contributed by atoms with Crippen molar-refractivity contribution in [2.75, 3.05) is 25.7 Å². The summed E-state index contributed by atoms with van der Waals surface area (Å²) in [7, 11) is -1.24. The number of sulfone groups is 1. The predicted molar refractivity (Wildman–Crippen MR) is 70.1 cm³/mol. The summed E-state index contributed by atoms with van der Waals surface area (Å²) >= 11 is 0. The van der Waals surface area contributed by atoms with Crippen molar-refractivity contribution in [3.63, 3.8) is 0 Å². The zero-order valence-corrected chi connectivity index (χ0v) is 12.7. The molecule has 0 saturated heterocycles. The van der Waals surface area contributed by atoms with Gasteiger partial charge in [0.1, 0.15) is 9.84 Å². The first-order chi connectivity index (χ1) is 7.47. The second kappa shape index (κ2) is 6.16. The average Bonchev–Trinajstić information content (AvgIpc) is 2.13. The topological polar surface area (TPSA) is 52.6 Å². The normalized spacial score (nSPS) is 14.0. The van der Waals surface area contributed by atoms with Crippen LogP contribution in [0.3, 0.4) is 0 Å². The predicted octanol–water partition coefficient (Wildman–Crippen LogP) is 2.03. The van der Waals surface area contributed by atoms with E-state index < -0.39 is 15.4 Å². The van der Waals surface area contributed by atoms with E-state index in [0.717, 1.165) is 6.42 Å². The molecule has 0 aliphatic rings.